The lowest BCUT2D eigenvalue weighted by Crippen LogP contribution is -1.97. The van der Waals surface area contributed by atoms with Gasteiger partial charge in [-0.3, -0.25) is 0 Å². The molecule has 0 radical (unpaired) electrons. The molecule has 0 saturated carbocycles. The van der Waals surface area contributed by atoms with Crippen molar-refractivity contribution in [2.45, 2.75) is 0 Å². The molecule has 0 bridgehead atoms. The summed E-state index contributed by atoms with van der Waals surface area (Å²) in [6, 6.07) is 13.7. The van der Waals surface area contributed by atoms with E-state index in [4.69, 9.17) is 18.6 Å². The fourth-order valence-corrected chi connectivity index (χ4v) is 2.34. The van der Waals surface area contributed by atoms with E-state index in [0.717, 1.165) is 5.56 Å². The van der Waals surface area contributed by atoms with E-state index in [0.29, 0.717) is 34.7 Å². The Balaban J connectivity index is 1.88. The summed E-state index contributed by atoms with van der Waals surface area (Å²) in [7, 11) is 4.70. The molecule has 3 aromatic rings. The van der Waals surface area contributed by atoms with E-state index in [1.165, 1.54) is 0 Å². The highest BCUT2D eigenvalue weighted by atomic mass is 16.5. The number of hydrogen-bond donors (Lipinski definition) is 1. The second kappa shape index (κ2) is 6.95. The maximum absolute atomic E-state index is 5.74. The fourth-order valence-electron chi connectivity index (χ4n) is 2.34. The van der Waals surface area contributed by atoms with Gasteiger partial charge in [-0.25, -0.2) is 4.98 Å². The number of oxazole rings is 1. The Kier molecular flexibility index (Phi) is 4.56. The summed E-state index contributed by atoms with van der Waals surface area (Å²) in [5.41, 5.74) is 1.67. The van der Waals surface area contributed by atoms with E-state index < -0.39 is 0 Å². The van der Waals surface area contributed by atoms with Gasteiger partial charge in [0.15, 0.2) is 17.3 Å². The van der Waals surface area contributed by atoms with Crippen LogP contribution in [0.1, 0.15) is 0 Å². The molecule has 0 saturated heterocycles. The Morgan fingerprint density at radius 1 is 0.917 bits per heavy atom. The Morgan fingerprint density at radius 3 is 2.17 bits per heavy atom. The summed E-state index contributed by atoms with van der Waals surface area (Å²) >= 11 is 0. The van der Waals surface area contributed by atoms with E-state index in [-0.39, 0.29) is 0 Å². The maximum atomic E-state index is 5.74. The Bertz CT molecular complexity index is 790. The molecule has 1 N–H and O–H groups in total. The standard InChI is InChI=1S/C18H18N2O4/c1-21-14-9-13(10-15(22-2)17(14)23-3)20-18-19-11-16(24-18)12-7-5-4-6-8-12/h4-11H,1-3H3,(H,19,20). The molecule has 0 spiro atoms. The highest BCUT2D eigenvalue weighted by Crippen LogP contribution is 2.40. The van der Waals surface area contributed by atoms with Crippen molar-refractivity contribution < 1.29 is 18.6 Å². The van der Waals surface area contributed by atoms with Crippen molar-refractivity contribution in [3.8, 4) is 28.6 Å². The number of rotatable bonds is 6. The minimum Gasteiger partial charge on any atom is -0.493 e. The molecule has 0 amide bonds. The van der Waals surface area contributed by atoms with Gasteiger partial charge in [0.1, 0.15) is 0 Å². The van der Waals surface area contributed by atoms with Gasteiger partial charge >= 0.3 is 0 Å². The van der Waals surface area contributed by atoms with Crippen LogP contribution in [0, 0.1) is 0 Å². The van der Waals surface area contributed by atoms with Gasteiger partial charge in [0, 0.05) is 23.4 Å². The van der Waals surface area contributed by atoms with Crippen LogP contribution in [0.4, 0.5) is 11.7 Å². The van der Waals surface area contributed by atoms with Crippen LogP contribution in [-0.4, -0.2) is 26.3 Å². The van der Waals surface area contributed by atoms with Gasteiger partial charge in [0.2, 0.25) is 5.75 Å². The first-order valence-corrected chi connectivity index (χ1v) is 7.33. The van der Waals surface area contributed by atoms with Crippen LogP contribution in [-0.2, 0) is 0 Å². The van der Waals surface area contributed by atoms with Crippen molar-refractivity contribution in [1.82, 2.24) is 4.98 Å². The number of benzene rings is 2. The van der Waals surface area contributed by atoms with Crippen molar-refractivity contribution in [2.75, 3.05) is 26.6 Å². The van der Waals surface area contributed by atoms with E-state index >= 15 is 0 Å². The highest BCUT2D eigenvalue weighted by molar-refractivity contribution is 5.66. The monoisotopic (exact) mass is 326 g/mol. The number of nitrogens with zero attached hydrogens (tertiary/aromatic N) is 1. The van der Waals surface area contributed by atoms with Crippen molar-refractivity contribution in [1.29, 1.82) is 0 Å². The van der Waals surface area contributed by atoms with Gasteiger partial charge in [-0.05, 0) is 0 Å². The van der Waals surface area contributed by atoms with E-state index in [9.17, 15) is 0 Å². The first-order valence-electron chi connectivity index (χ1n) is 7.33. The number of methoxy groups -OCH3 is 3. The van der Waals surface area contributed by atoms with Crippen LogP contribution < -0.4 is 19.5 Å². The van der Waals surface area contributed by atoms with E-state index in [1.807, 2.05) is 30.3 Å². The average molecular weight is 326 g/mol. The third kappa shape index (κ3) is 3.12. The number of anilines is 2. The van der Waals surface area contributed by atoms with Crippen molar-refractivity contribution in [3.63, 3.8) is 0 Å². The van der Waals surface area contributed by atoms with Crippen LogP contribution >= 0.6 is 0 Å². The van der Waals surface area contributed by atoms with Crippen LogP contribution in [0.15, 0.2) is 53.1 Å². The quantitative estimate of drug-likeness (QED) is 0.735. The molecule has 0 fully saturated rings. The minimum atomic E-state index is 0.378. The Morgan fingerprint density at radius 2 is 1.58 bits per heavy atom. The normalized spacial score (nSPS) is 10.3. The van der Waals surface area contributed by atoms with Gasteiger partial charge in [-0.1, -0.05) is 30.3 Å². The smallest absolute Gasteiger partial charge is 0.299 e. The van der Waals surface area contributed by atoms with Crippen LogP contribution in [0.25, 0.3) is 11.3 Å². The van der Waals surface area contributed by atoms with E-state index in [1.54, 1.807) is 39.7 Å². The summed E-state index contributed by atoms with van der Waals surface area (Å²) < 4.78 is 21.7. The molecule has 0 aliphatic heterocycles. The second-order valence-corrected chi connectivity index (χ2v) is 4.93. The molecule has 0 unspecified atom stereocenters. The lowest BCUT2D eigenvalue weighted by atomic mass is 10.2. The zero-order valence-electron chi connectivity index (χ0n) is 13.7. The molecule has 2 aromatic carbocycles. The zero-order chi connectivity index (χ0) is 16.9. The second-order valence-electron chi connectivity index (χ2n) is 4.93. The summed E-state index contributed by atoms with van der Waals surface area (Å²) in [4.78, 5) is 4.25. The van der Waals surface area contributed by atoms with Gasteiger partial charge < -0.3 is 23.9 Å². The highest BCUT2D eigenvalue weighted by Gasteiger charge is 2.14. The average Bonchev–Trinajstić information content (AvgIpc) is 3.10. The van der Waals surface area contributed by atoms with Crippen LogP contribution in [0.5, 0.6) is 17.2 Å². The largest absolute Gasteiger partial charge is 0.493 e. The molecule has 0 aliphatic rings. The molecular weight excluding hydrogens is 308 g/mol. The first-order chi connectivity index (χ1) is 11.7. The summed E-state index contributed by atoms with van der Waals surface area (Å²) in [6.45, 7) is 0. The lowest BCUT2D eigenvalue weighted by molar-refractivity contribution is 0.324. The zero-order valence-corrected chi connectivity index (χ0v) is 13.7. The van der Waals surface area contributed by atoms with Gasteiger partial charge in [-0.15, -0.1) is 0 Å². The van der Waals surface area contributed by atoms with Crippen LogP contribution in [0.2, 0.25) is 0 Å². The molecule has 1 heterocycles. The van der Waals surface area contributed by atoms with Crippen molar-refractivity contribution in [3.05, 3.63) is 48.7 Å². The first kappa shape index (κ1) is 15.7. The third-order valence-corrected chi connectivity index (χ3v) is 3.48. The number of aromatic nitrogens is 1. The third-order valence-electron chi connectivity index (χ3n) is 3.48. The molecule has 6 heteroatoms. The molecule has 24 heavy (non-hydrogen) atoms. The topological polar surface area (TPSA) is 65.8 Å². The maximum Gasteiger partial charge on any atom is 0.299 e. The predicted molar refractivity (Wildman–Crippen MR) is 91.3 cm³/mol. The predicted octanol–water partition coefficient (Wildman–Crippen LogP) is 4.11. The molecule has 1 aromatic heterocycles. The van der Waals surface area contributed by atoms with Crippen LogP contribution in [0.3, 0.4) is 0 Å². The van der Waals surface area contributed by atoms with Crippen molar-refractivity contribution >= 4 is 11.7 Å². The molecular formula is C18H18N2O4. The van der Waals surface area contributed by atoms with Gasteiger partial charge in [0.05, 0.1) is 27.5 Å². The molecule has 3 rings (SSSR count). The molecule has 0 aliphatic carbocycles. The summed E-state index contributed by atoms with van der Waals surface area (Å²) in [6.07, 6.45) is 1.68. The molecule has 0 atom stereocenters. The molecule has 6 nitrogen and oxygen atoms in total. The Labute approximate surface area is 140 Å². The van der Waals surface area contributed by atoms with Crippen molar-refractivity contribution in [2.24, 2.45) is 0 Å². The summed E-state index contributed by atoms with van der Waals surface area (Å²) in [5.74, 6) is 2.32. The lowest BCUT2D eigenvalue weighted by Gasteiger charge is -2.14. The minimum absolute atomic E-state index is 0.378. The number of nitrogens with one attached hydrogen (secondary N) is 1. The fraction of sp³-hybridized carbons (Fsp3) is 0.167. The number of hydrogen-bond acceptors (Lipinski definition) is 6. The van der Waals surface area contributed by atoms with Gasteiger partial charge in [0.25, 0.3) is 6.01 Å². The Hall–Kier alpha value is -3.15. The SMILES string of the molecule is COc1cc(Nc2ncc(-c3ccccc3)o2)cc(OC)c1OC. The van der Waals surface area contributed by atoms with Gasteiger partial charge in [-0.2, -0.15) is 0 Å². The molecule has 124 valence electrons. The van der Waals surface area contributed by atoms with E-state index in [2.05, 4.69) is 10.3 Å². The summed E-state index contributed by atoms with van der Waals surface area (Å²) in [5, 5.41) is 3.10. The number of ether oxygens (including phenoxy) is 3.